The van der Waals surface area contributed by atoms with Crippen molar-refractivity contribution >= 4 is 22.4 Å². The molecule has 0 unspecified atom stereocenters. The van der Waals surface area contributed by atoms with E-state index in [-0.39, 0.29) is 5.91 Å². The number of aryl methyl sites for hydroxylation is 4. The molecule has 5 nitrogen and oxygen atoms in total. The van der Waals surface area contributed by atoms with Crippen LogP contribution in [0.3, 0.4) is 0 Å². The molecule has 0 atom stereocenters. The van der Waals surface area contributed by atoms with Crippen molar-refractivity contribution in [3.8, 4) is 11.3 Å². The fraction of sp³-hybridized carbons (Fsp3) is 0.278. The van der Waals surface area contributed by atoms with Crippen molar-refractivity contribution in [2.45, 2.75) is 34.2 Å². The molecule has 3 rings (SSSR count). The molecule has 0 aliphatic carbocycles. The first-order chi connectivity index (χ1) is 11.5. The molecular formula is C18H20N4OS. The number of hydrogen-bond acceptors (Lipinski definition) is 4. The SMILES string of the molecule is CCn1nc(C(=O)Nc2nc(-c3cc(C)ccc3C)cs2)cc1C. The van der Waals surface area contributed by atoms with E-state index in [9.17, 15) is 4.79 Å². The zero-order valence-electron chi connectivity index (χ0n) is 14.3. The highest BCUT2D eigenvalue weighted by Crippen LogP contribution is 2.28. The molecule has 2 aromatic heterocycles. The summed E-state index contributed by atoms with van der Waals surface area (Å²) in [6.45, 7) is 8.80. The summed E-state index contributed by atoms with van der Waals surface area (Å²) in [5.41, 5.74) is 5.72. The van der Waals surface area contributed by atoms with Crippen molar-refractivity contribution in [1.82, 2.24) is 14.8 Å². The van der Waals surface area contributed by atoms with Gasteiger partial charge in [-0.15, -0.1) is 11.3 Å². The molecule has 0 saturated carbocycles. The third kappa shape index (κ3) is 3.23. The lowest BCUT2D eigenvalue weighted by molar-refractivity contribution is 0.102. The predicted molar refractivity (Wildman–Crippen MR) is 97.6 cm³/mol. The zero-order valence-corrected chi connectivity index (χ0v) is 15.1. The van der Waals surface area contributed by atoms with E-state index in [4.69, 9.17) is 0 Å². The molecule has 0 radical (unpaired) electrons. The van der Waals surface area contributed by atoms with Crippen molar-refractivity contribution in [3.63, 3.8) is 0 Å². The summed E-state index contributed by atoms with van der Waals surface area (Å²) in [6, 6.07) is 8.07. The number of carbonyl (C=O) groups is 1. The maximum atomic E-state index is 12.3. The topological polar surface area (TPSA) is 59.8 Å². The van der Waals surface area contributed by atoms with Crippen LogP contribution in [0.4, 0.5) is 5.13 Å². The van der Waals surface area contributed by atoms with Gasteiger partial charge in [0.2, 0.25) is 0 Å². The average molecular weight is 340 g/mol. The maximum absolute atomic E-state index is 12.3. The number of nitrogens with one attached hydrogen (secondary N) is 1. The van der Waals surface area contributed by atoms with Crippen LogP contribution in [0.1, 0.15) is 34.2 Å². The Balaban J connectivity index is 1.80. The second kappa shape index (κ2) is 6.57. The number of amides is 1. The van der Waals surface area contributed by atoms with Gasteiger partial charge in [0.05, 0.1) is 5.69 Å². The van der Waals surface area contributed by atoms with Gasteiger partial charge in [-0.1, -0.05) is 17.7 Å². The Kier molecular flexibility index (Phi) is 4.49. The molecule has 0 fully saturated rings. The monoisotopic (exact) mass is 340 g/mol. The van der Waals surface area contributed by atoms with Crippen molar-refractivity contribution in [2.75, 3.05) is 5.32 Å². The standard InChI is InChI=1S/C18H20N4OS/c1-5-22-13(4)9-15(21-22)17(23)20-18-19-16(10-24-18)14-8-11(2)6-7-12(14)3/h6-10H,5H2,1-4H3,(H,19,20,23). The van der Waals surface area contributed by atoms with Gasteiger partial charge in [-0.25, -0.2) is 4.98 Å². The molecule has 124 valence electrons. The summed E-state index contributed by atoms with van der Waals surface area (Å²) in [5, 5.41) is 9.68. The van der Waals surface area contributed by atoms with Crippen molar-refractivity contribution in [1.29, 1.82) is 0 Å². The lowest BCUT2D eigenvalue weighted by Gasteiger charge is -2.03. The van der Waals surface area contributed by atoms with Crippen LogP contribution in [0.25, 0.3) is 11.3 Å². The van der Waals surface area contributed by atoms with Crippen molar-refractivity contribution < 1.29 is 4.79 Å². The van der Waals surface area contributed by atoms with Crippen LogP contribution in [-0.2, 0) is 6.54 Å². The number of thiazole rings is 1. The molecule has 1 aromatic carbocycles. The number of hydrogen-bond donors (Lipinski definition) is 1. The Bertz CT molecular complexity index is 894. The Hall–Kier alpha value is -2.47. The van der Waals surface area contributed by atoms with Gasteiger partial charge in [0.15, 0.2) is 10.8 Å². The van der Waals surface area contributed by atoms with E-state index in [1.165, 1.54) is 22.5 Å². The highest BCUT2D eigenvalue weighted by Gasteiger charge is 2.14. The molecule has 0 bridgehead atoms. The van der Waals surface area contributed by atoms with E-state index in [0.29, 0.717) is 10.8 Å². The molecule has 6 heteroatoms. The van der Waals surface area contributed by atoms with Crippen LogP contribution >= 0.6 is 11.3 Å². The van der Waals surface area contributed by atoms with Crippen LogP contribution in [0, 0.1) is 20.8 Å². The van der Waals surface area contributed by atoms with E-state index in [2.05, 4.69) is 47.4 Å². The summed E-state index contributed by atoms with van der Waals surface area (Å²) < 4.78 is 1.80. The van der Waals surface area contributed by atoms with Gasteiger partial charge in [-0.3, -0.25) is 14.8 Å². The second-order valence-corrected chi connectivity index (χ2v) is 6.66. The van der Waals surface area contributed by atoms with Crippen molar-refractivity contribution in [3.05, 3.63) is 52.2 Å². The van der Waals surface area contributed by atoms with Crippen LogP contribution in [0.15, 0.2) is 29.6 Å². The third-order valence-corrected chi connectivity index (χ3v) is 4.66. The minimum absolute atomic E-state index is 0.229. The molecule has 0 aliphatic heterocycles. The molecule has 1 N–H and O–H groups in total. The number of aromatic nitrogens is 3. The molecule has 0 spiro atoms. The van der Waals surface area contributed by atoms with Gasteiger partial charge in [0.1, 0.15) is 0 Å². The Morgan fingerprint density at radius 3 is 2.75 bits per heavy atom. The normalized spacial score (nSPS) is 10.8. The number of benzene rings is 1. The van der Waals surface area contributed by atoms with E-state index >= 15 is 0 Å². The minimum Gasteiger partial charge on any atom is -0.296 e. The fourth-order valence-electron chi connectivity index (χ4n) is 2.57. The van der Waals surface area contributed by atoms with Gasteiger partial charge in [0, 0.05) is 23.2 Å². The summed E-state index contributed by atoms with van der Waals surface area (Å²) in [7, 11) is 0. The van der Waals surface area contributed by atoms with Crippen molar-refractivity contribution in [2.24, 2.45) is 0 Å². The van der Waals surface area contributed by atoms with E-state index in [1.54, 1.807) is 10.7 Å². The smallest absolute Gasteiger partial charge is 0.277 e. The highest BCUT2D eigenvalue weighted by atomic mass is 32.1. The highest BCUT2D eigenvalue weighted by molar-refractivity contribution is 7.14. The Labute approximate surface area is 145 Å². The van der Waals surface area contributed by atoms with Crippen LogP contribution < -0.4 is 5.32 Å². The van der Waals surface area contributed by atoms with Gasteiger partial charge >= 0.3 is 0 Å². The molecule has 3 aromatic rings. The molecule has 1 amide bonds. The second-order valence-electron chi connectivity index (χ2n) is 5.80. The van der Waals surface area contributed by atoms with Gasteiger partial charge in [0.25, 0.3) is 5.91 Å². The van der Waals surface area contributed by atoms with E-state index in [0.717, 1.165) is 23.5 Å². The van der Waals surface area contributed by atoms with Crippen LogP contribution in [0.2, 0.25) is 0 Å². The largest absolute Gasteiger partial charge is 0.296 e. The summed E-state index contributed by atoms with van der Waals surface area (Å²) in [4.78, 5) is 16.9. The summed E-state index contributed by atoms with van der Waals surface area (Å²) in [6.07, 6.45) is 0. The summed E-state index contributed by atoms with van der Waals surface area (Å²) >= 11 is 1.42. The molecule has 24 heavy (non-hydrogen) atoms. The lowest BCUT2D eigenvalue weighted by Crippen LogP contribution is -2.13. The Morgan fingerprint density at radius 1 is 1.25 bits per heavy atom. The first-order valence-electron chi connectivity index (χ1n) is 7.87. The number of nitrogens with zero attached hydrogens (tertiary/aromatic N) is 3. The Morgan fingerprint density at radius 2 is 2.04 bits per heavy atom. The fourth-order valence-corrected chi connectivity index (χ4v) is 3.27. The minimum atomic E-state index is -0.229. The lowest BCUT2D eigenvalue weighted by atomic mass is 10.0. The van der Waals surface area contributed by atoms with E-state index < -0.39 is 0 Å². The molecule has 0 saturated heterocycles. The first-order valence-corrected chi connectivity index (χ1v) is 8.75. The summed E-state index contributed by atoms with van der Waals surface area (Å²) in [5.74, 6) is -0.229. The predicted octanol–water partition coefficient (Wildman–Crippen LogP) is 4.20. The first kappa shape index (κ1) is 16.4. The van der Waals surface area contributed by atoms with E-state index in [1.807, 2.05) is 19.2 Å². The molecular weight excluding hydrogens is 320 g/mol. The number of anilines is 1. The number of rotatable bonds is 4. The van der Waals surface area contributed by atoms with Crippen LogP contribution in [0.5, 0.6) is 0 Å². The maximum Gasteiger partial charge on any atom is 0.277 e. The van der Waals surface area contributed by atoms with Gasteiger partial charge in [-0.2, -0.15) is 5.10 Å². The molecule has 2 heterocycles. The zero-order chi connectivity index (χ0) is 17.3. The average Bonchev–Trinajstić information content (AvgIpc) is 3.16. The van der Waals surface area contributed by atoms with Gasteiger partial charge in [-0.05, 0) is 45.4 Å². The van der Waals surface area contributed by atoms with Gasteiger partial charge < -0.3 is 0 Å². The molecule has 0 aliphatic rings. The number of carbonyl (C=O) groups excluding carboxylic acids is 1. The van der Waals surface area contributed by atoms with Crippen LogP contribution in [-0.4, -0.2) is 20.7 Å². The third-order valence-electron chi connectivity index (χ3n) is 3.91. The quantitative estimate of drug-likeness (QED) is 0.774.